The smallest absolute Gasteiger partial charge is 0.147 e. The largest absolute Gasteiger partial charge is 0.489 e. The topological polar surface area (TPSA) is 24.9 Å². The highest BCUT2D eigenvalue weighted by atomic mass is 19.1. The molecule has 2 aliphatic carbocycles. The molecule has 0 aliphatic heterocycles. The van der Waals surface area contributed by atoms with Gasteiger partial charge in [-0.3, -0.25) is 0 Å². The van der Waals surface area contributed by atoms with Crippen LogP contribution in [0.4, 0.5) is 51.7 Å². The number of allylic oxidation sites excluding steroid dienone is 5. The average Bonchev–Trinajstić information content (AvgIpc) is 1.56. The maximum atomic E-state index is 16.7. The SMILES string of the molecule is C=CC1=C(/C=C\C)C(c2ccc(F)cc2)(c2ccc(OCc3ccc(C=C)cc3)cc2)c2cc(N(c3ccc(-c4ccc(N(c5ccc6c(c5)C(c5ccc(F)cc5)(c5ccc(OCc7ccc(C=C)cc7)cc5)c5ccccc5-6)c5ccccc5F)cc4)cc3)c3ccccc3F)ccc21. The zero-order valence-electron chi connectivity index (χ0n) is 55.5. The molecule has 0 bridgehead atoms. The van der Waals surface area contributed by atoms with Crippen LogP contribution in [0.1, 0.15) is 73.7 Å². The molecule has 0 aromatic heterocycles. The minimum Gasteiger partial charge on any atom is -0.489 e. The Hall–Kier alpha value is -12.5. The first-order chi connectivity index (χ1) is 49.5. The summed E-state index contributed by atoms with van der Waals surface area (Å²) in [5.41, 5.74) is 18.7. The molecule has 0 N–H and O–H groups in total. The Balaban J connectivity index is 0.790. The summed E-state index contributed by atoms with van der Waals surface area (Å²) in [7, 11) is 0. The van der Waals surface area contributed by atoms with Gasteiger partial charge in [-0.2, -0.15) is 0 Å². The first-order valence-corrected chi connectivity index (χ1v) is 33.6. The zero-order chi connectivity index (χ0) is 69.2. The highest BCUT2D eigenvalue weighted by Gasteiger charge is 2.48. The predicted molar refractivity (Wildman–Crippen MR) is 405 cm³/mol. The number of ether oxygens (including phenoxy) is 2. The Bertz CT molecular complexity index is 5320. The van der Waals surface area contributed by atoms with E-state index >= 15 is 17.6 Å². The first-order valence-electron chi connectivity index (χ1n) is 33.6. The number of hydrogen-bond acceptors (Lipinski definition) is 4. The Labute approximate surface area is 587 Å². The lowest BCUT2D eigenvalue weighted by molar-refractivity contribution is 0.306. The maximum Gasteiger partial charge on any atom is 0.147 e. The van der Waals surface area contributed by atoms with Crippen LogP contribution in [0.3, 0.4) is 0 Å². The number of benzene rings is 13. The van der Waals surface area contributed by atoms with Gasteiger partial charge in [-0.1, -0.05) is 232 Å². The van der Waals surface area contributed by atoms with E-state index in [1.165, 1.54) is 36.4 Å². The number of halogens is 4. The lowest BCUT2D eigenvalue weighted by Gasteiger charge is -2.36. The molecular weight excluding hydrogens is 1250 g/mol. The van der Waals surface area contributed by atoms with Crippen molar-refractivity contribution in [2.75, 3.05) is 9.80 Å². The fraction of sp³-hybridized carbons (Fsp3) is 0.0538. The van der Waals surface area contributed by atoms with Gasteiger partial charge in [0.2, 0.25) is 0 Å². The normalized spacial score (nSPS) is 15.0. The molecule has 0 spiro atoms. The molecule has 0 saturated heterocycles. The molecule has 0 saturated carbocycles. The van der Waals surface area contributed by atoms with E-state index in [-0.39, 0.29) is 11.6 Å². The van der Waals surface area contributed by atoms with E-state index < -0.39 is 22.5 Å². The van der Waals surface area contributed by atoms with E-state index in [2.05, 4.69) is 86.5 Å². The molecule has 0 radical (unpaired) electrons. The van der Waals surface area contributed by atoms with E-state index in [1.807, 2.05) is 223 Å². The second-order valence-electron chi connectivity index (χ2n) is 25.2. The van der Waals surface area contributed by atoms with Gasteiger partial charge in [0.05, 0.1) is 22.2 Å². The van der Waals surface area contributed by atoms with Crippen LogP contribution >= 0.6 is 0 Å². The third kappa shape index (κ3) is 11.7. The van der Waals surface area contributed by atoms with Crippen LogP contribution in [0.15, 0.2) is 347 Å². The minimum absolute atomic E-state index is 0.338. The molecule has 8 heteroatoms. The number of hydrogen-bond donors (Lipinski definition) is 0. The van der Waals surface area contributed by atoms with Gasteiger partial charge in [-0.05, 0) is 228 Å². The second kappa shape index (κ2) is 27.4. The van der Waals surface area contributed by atoms with Gasteiger partial charge in [0.15, 0.2) is 0 Å². The van der Waals surface area contributed by atoms with E-state index in [0.717, 1.165) is 100 Å². The maximum absolute atomic E-state index is 16.7. The van der Waals surface area contributed by atoms with Crippen molar-refractivity contribution in [1.29, 1.82) is 0 Å². The summed E-state index contributed by atoms with van der Waals surface area (Å²) >= 11 is 0. The van der Waals surface area contributed by atoms with Crippen molar-refractivity contribution < 1.29 is 27.0 Å². The molecule has 0 fully saturated rings. The van der Waals surface area contributed by atoms with E-state index in [9.17, 15) is 0 Å². The molecule has 101 heavy (non-hydrogen) atoms. The van der Waals surface area contributed by atoms with Crippen molar-refractivity contribution >= 4 is 51.8 Å². The molecule has 490 valence electrons. The van der Waals surface area contributed by atoms with Gasteiger partial charge in [-0.25, -0.2) is 17.6 Å². The van der Waals surface area contributed by atoms with Crippen LogP contribution in [0.5, 0.6) is 11.5 Å². The van der Waals surface area contributed by atoms with Gasteiger partial charge < -0.3 is 19.3 Å². The highest BCUT2D eigenvalue weighted by molar-refractivity contribution is 5.94. The summed E-state index contributed by atoms with van der Waals surface area (Å²) in [5, 5.41) is 0. The molecule has 2 aliphatic rings. The van der Waals surface area contributed by atoms with Crippen LogP contribution in [0.25, 0.3) is 40.0 Å². The van der Waals surface area contributed by atoms with Crippen molar-refractivity contribution in [3.63, 3.8) is 0 Å². The zero-order valence-corrected chi connectivity index (χ0v) is 55.5. The van der Waals surface area contributed by atoms with Crippen LogP contribution in [-0.2, 0) is 24.0 Å². The average molecular weight is 1320 g/mol. The number of fused-ring (bicyclic) bond motifs is 4. The summed E-state index contributed by atoms with van der Waals surface area (Å²) in [6.45, 7) is 14.8. The first kappa shape index (κ1) is 64.5. The van der Waals surface area contributed by atoms with Crippen molar-refractivity contribution in [2.45, 2.75) is 31.0 Å². The number of para-hydroxylation sites is 2. The Morgan fingerprint density at radius 2 is 0.743 bits per heavy atom. The predicted octanol–water partition coefficient (Wildman–Crippen LogP) is 24.5. The van der Waals surface area contributed by atoms with Crippen LogP contribution < -0.4 is 19.3 Å². The number of rotatable bonds is 21. The third-order valence-corrected chi connectivity index (χ3v) is 19.6. The van der Waals surface area contributed by atoms with Gasteiger partial charge in [0.1, 0.15) is 48.0 Å². The quantitative estimate of drug-likeness (QED) is 0.0670. The third-order valence-electron chi connectivity index (χ3n) is 19.6. The van der Waals surface area contributed by atoms with Crippen LogP contribution in [-0.4, -0.2) is 0 Å². The van der Waals surface area contributed by atoms with Crippen molar-refractivity contribution in [3.8, 4) is 33.8 Å². The molecule has 2 atom stereocenters. The van der Waals surface area contributed by atoms with Gasteiger partial charge >= 0.3 is 0 Å². The standard InChI is InChI=1S/C93H68F4N2O2/c1-5-15-84-80(8-4)82-56-50-76(58-86(82)92(84,68-34-42-72(94)43-35-68)70-38-52-78(53-39-70)100-60-64-26-22-62(6-2)23-27-64)98(90-20-13-11-18-88(90)96)74-46-30-66(31-47-74)67-32-48-75(49-33-67)99(91-21-14-12-19-89(91)97)77-51-57-83-81-16-9-10-17-85(81)93(87(83)59-77,69-36-44-73(95)45-37-69)71-40-54-79(55-41-71)101-61-65-28-24-63(7-3)25-29-65/h5-59H,2-4,60-61H2,1H3/b15-5-. The lowest BCUT2D eigenvalue weighted by atomic mass is 9.66. The monoisotopic (exact) mass is 1320 g/mol. The van der Waals surface area contributed by atoms with Crippen molar-refractivity contribution in [1.82, 2.24) is 0 Å². The Kier molecular flexibility index (Phi) is 17.5. The minimum atomic E-state index is -1.00. The van der Waals surface area contributed by atoms with E-state index in [1.54, 1.807) is 24.3 Å². The molecule has 15 rings (SSSR count). The van der Waals surface area contributed by atoms with Gasteiger partial charge in [0.25, 0.3) is 0 Å². The summed E-state index contributed by atoms with van der Waals surface area (Å²) in [4.78, 5) is 3.87. The summed E-state index contributed by atoms with van der Waals surface area (Å²) in [5.74, 6) is -0.159. The number of nitrogens with zero attached hydrogens (tertiary/aromatic N) is 2. The summed E-state index contributed by atoms with van der Waals surface area (Å²) in [6.07, 6.45) is 9.62. The van der Waals surface area contributed by atoms with Gasteiger partial charge in [0, 0.05) is 22.7 Å². The number of anilines is 6. The molecule has 4 nitrogen and oxygen atoms in total. The van der Waals surface area contributed by atoms with E-state index in [0.29, 0.717) is 58.8 Å². The fourth-order valence-electron chi connectivity index (χ4n) is 14.9. The second-order valence-corrected chi connectivity index (χ2v) is 25.2. The van der Waals surface area contributed by atoms with Crippen molar-refractivity contribution in [3.05, 3.63) is 437 Å². The summed E-state index contributed by atoms with van der Waals surface area (Å²) in [6, 6.07) is 96.3. The molecule has 13 aromatic rings. The van der Waals surface area contributed by atoms with Crippen molar-refractivity contribution in [2.24, 2.45) is 0 Å². The Morgan fingerprint density at radius 1 is 0.356 bits per heavy atom. The lowest BCUT2D eigenvalue weighted by Crippen LogP contribution is -2.29. The molecule has 0 heterocycles. The van der Waals surface area contributed by atoms with Gasteiger partial charge in [-0.15, -0.1) is 0 Å². The molecule has 13 aromatic carbocycles. The highest BCUT2D eigenvalue weighted by Crippen LogP contribution is 2.59. The molecular formula is C93H68F4N2O2. The molecule has 0 amide bonds. The van der Waals surface area contributed by atoms with Crippen LogP contribution in [0, 0.1) is 23.3 Å². The summed E-state index contributed by atoms with van der Waals surface area (Å²) < 4.78 is 76.3. The molecule has 2 unspecified atom stereocenters. The Morgan fingerprint density at radius 3 is 1.18 bits per heavy atom. The van der Waals surface area contributed by atoms with E-state index in [4.69, 9.17) is 9.47 Å². The van der Waals surface area contributed by atoms with Crippen LogP contribution in [0.2, 0.25) is 0 Å². The fourth-order valence-corrected chi connectivity index (χ4v) is 14.9.